The number of amides is 1. The standard InChI is InChI=1S/C22H30FN5OS/c1-4-24-22(26-14-17-8-9-19(23)13-18(17)16-30-3)27-15-21(29)28(2)12-10-20-7-5-6-11-25-20/h5-9,11,13H,4,10,12,14-16H2,1-3H3,(H2,24,26,27). The lowest BCUT2D eigenvalue weighted by atomic mass is 10.1. The molecule has 0 unspecified atom stereocenters. The molecular weight excluding hydrogens is 401 g/mol. The molecule has 0 atom stereocenters. The number of likely N-dealkylation sites (N-methyl/N-ethyl adjacent to an activating group) is 1. The molecule has 0 bridgehead atoms. The summed E-state index contributed by atoms with van der Waals surface area (Å²) in [5.41, 5.74) is 2.87. The molecule has 0 spiro atoms. The normalized spacial score (nSPS) is 11.3. The molecule has 6 nitrogen and oxygen atoms in total. The third-order valence-corrected chi connectivity index (χ3v) is 5.08. The van der Waals surface area contributed by atoms with E-state index in [0.717, 1.165) is 22.6 Å². The van der Waals surface area contributed by atoms with Crippen LogP contribution in [0.2, 0.25) is 0 Å². The fourth-order valence-corrected chi connectivity index (χ4v) is 3.37. The summed E-state index contributed by atoms with van der Waals surface area (Å²) in [5, 5.41) is 6.23. The molecule has 0 radical (unpaired) electrons. The molecule has 8 heteroatoms. The summed E-state index contributed by atoms with van der Waals surface area (Å²) in [4.78, 5) is 23.0. The van der Waals surface area contributed by atoms with E-state index in [2.05, 4.69) is 20.6 Å². The van der Waals surface area contributed by atoms with Crippen molar-refractivity contribution in [2.45, 2.75) is 25.6 Å². The number of guanidine groups is 1. The number of aliphatic imine (C=N–C) groups is 1. The lowest BCUT2D eigenvalue weighted by Crippen LogP contribution is -2.44. The number of nitrogens with zero attached hydrogens (tertiary/aromatic N) is 3. The number of carbonyl (C=O) groups excluding carboxylic acids is 1. The van der Waals surface area contributed by atoms with Gasteiger partial charge in [0, 0.05) is 44.2 Å². The van der Waals surface area contributed by atoms with Gasteiger partial charge in [0.1, 0.15) is 5.82 Å². The van der Waals surface area contributed by atoms with Crippen LogP contribution in [0.1, 0.15) is 23.7 Å². The molecule has 1 amide bonds. The van der Waals surface area contributed by atoms with Crippen LogP contribution < -0.4 is 10.6 Å². The Morgan fingerprint density at radius 2 is 2.07 bits per heavy atom. The lowest BCUT2D eigenvalue weighted by molar-refractivity contribution is -0.128. The first-order chi connectivity index (χ1) is 14.5. The van der Waals surface area contributed by atoms with Gasteiger partial charge in [0.2, 0.25) is 5.91 Å². The summed E-state index contributed by atoms with van der Waals surface area (Å²) in [6, 6.07) is 10.5. The molecule has 2 aromatic rings. The lowest BCUT2D eigenvalue weighted by Gasteiger charge is -2.18. The van der Waals surface area contributed by atoms with Gasteiger partial charge in [0.05, 0.1) is 13.1 Å². The van der Waals surface area contributed by atoms with E-state index >= 15 is 0 Å². The SMILES string of the molecule is CCNC(=NCc1ccc(F)cc1CSC)NCC(=O)N(C)CCc1ccccn1. The van der Waals surface area contributed by atoms with Gasteiger partial charge in [0.15, 0.2) is 5.96 Å². The minimum Gasteiger partial charge on any atom is -0.357 e. The van der Waals surface area contributed by atoms with Crippen LogP contribution >= 0.6 is 11.8 Å². The molecule has 162 valence electrons. The van der Waals surface area contributed by atoms with Gasteiger partial charge in [0.25, 0.3) is 0 Å². The third-order valence-electron chi connectivity index (χ3n) is 4.48. The summed E-state index contributed by atoms with van der Waals surface area (Å²) in [6.07, 6.45) is 4.45. The first-order valence-electron chi connectivity index (χ1n) is 9.95. The molecule has 0 saturated carbocycles. The number of nitrogens with one attached hydrogen (secondary N) is 2. The van der Waals surface area contributed by atoms with E-state index in [1.54, 1.807) is 42.0 Å². The average molecular weight is 432 g/mol. The average Bonchev–Trinajstić information content (AvgIpc) is 2.75. The van der Waals surface area contributed by atoms with Crippen molar-refractivity contribution < 1.29 is 9.18 Å². The minimum atomic E-state index is -0.240. The van der Waals surface area contributed by atoms with Gasteiger partial charge >= 0.3 is 0 Å². The molecule has 1 aromatic heterocycles. The van der Waals surface area contributed by atoms with Crippen LogP contribution in [-0.4, -0.2) is 54.7 Å². The van der Waals surface area contributed by atoms with E-state index in [4.69, 9.17) is 0 Å². The van der Waals surface area contributed by atoms with Crippen LogP contribution in [-0.2, 0) is 23.5 Å². The fourth-order valence-electron chi connectivity index (χ4n) is 2.79. The summed E-state index contributed by atoms with van der Waals surface area (Å²) < 4.78 is 13.5. The van der Waals surface area contributed by atoms with Crippen molar-refractivity contribution in [1.82, 2.24) is 20.5 Å². The maximum Gasteiger partial charge on any atom is 0.241 e. The summed E-state index contributed by atoms with van der Waals surface area (Å²) >= 11 is 1.64. The second kappa shape index (κ2) is 12.8. The Balaban J connectivity index is 1.90. The quantitative estimate of drug-likeness (QED) is 0.447. The van der Waals surface area contributed by atoms with Crippen molar-refractivity contribution in [2.24, 2.45) is 4.99 Å². The van der Waals surface area contributed by atoms with Gasteiger partial charge in [-0.25, -0.2) is 9.38 Å². The Kier molecular flexibility index (Phi) is 10.1. The van der Waals surface area contributed by atoms with Crippen LogP contribution in [0, 0.1) is 5.82 Å². The molecule has 0 aliphatic heterocycles. The number of pyridine rings is 1. The van der Waals surface area contributed by atoms with Crippen molar-refractivity contribution in [3.63, 3.8) is 0 Å². The Bertz CT molecular complexity index is 832. The highest BCUT2D eigenvalue weighted by atomic mass is 32.2. The van der Waals surface area contributed by atoms with Gasteiger partial charge in [-0.15, -0.1) is 0 Å². The molecule has 0 fully saturated rings. The molecule has 30 heavy (non-hydrogen) atoms. The van der Waals surface area contributed by atoms with Gasteiger partial charge < -0.3 is 15.5 Å². The molecular formula is C22H30FN5OS. The number of rotatable bonds is 10. The van der Waals surface area contributed by atoms with E-state index in [-0.39, 0.29) is 18.3 Å². The van der Waals surface area contributed by atoms with Crippen LogP contribution in [0.15, 0.2) is 47.6 Å². The maximum atomic E-state index is 13.5. The predicted octanol–water partition coefficient (Wildman–Crippen LogP) is 2.84. The third kappa shape index (κ3) is 8.02. The van der Waals surface area contributed by atoms with Gasteiger partial charge in [-0.2, -0.15) is 11.8 Å². The van der Waals surface area contributed by atoms with Crippen LogP contribution in [0.4, 0.5) is 4.39 Å². The van der Waals surface area contributed by atoms with E-state index in [0.29, 0.717) is 32.0 Å². The number of hydrogen-bond donors (Lipinski definition) is 2. The van der Waals surface area contributed by atoms with Gasteiger partial charge in [-0.3, -0.25) is 9.78 Å². The zero-order valence-corrected chi connectivity index (χ0v) is 18.6. The summed E-state index contributed by atoms with van der Waals surface area (Å²) in [7, 11) is 1.78. The number of thioether (sulfide) groups is 1. The zero-order valence-electron chi connectivity index (χ0n) is 17.8. The number of halogens is 1. The first kappa shape index (κ1) is 23.7. The Morgan fingerprint density at radius 3 is 2.77 bits per heavy atom. The molecule has 2 rings (SSSR count). The van der Waals surface area contributed by atoms with Gasteiger partial charge in [-0.1, -0.05) is 12.1 Å². The highest BCUT2D eigenvalue weighted by molar-refractivity contribution is 7.97. The monoisotopic (exact) mass is 431 g/mol. The smallest absolute Gasteiger partial charge is 0.241 e. The van der Waals surface area contributed by atoms with E-state index in [1.165, 1.54) is 6.07 Å². The number of aromatic nitrogens is 1. The van der Waals surface area contributed by atoms with Crippen molar-refractivity contribution in [1.29, 1.82) is 0 Å². The van der Waals surface area contributed by atoms with Crippen LogP contribution in [0.5, 0.6) is 0 Å². The fraction of sp³-hybridized carbons (Fsp3) is 0.409. The van der Waals surface area contributed by atoms with Crippen molar-refractivity contribution in [2.75, 3.05) is 32.9 Å². The molecule has 0 aliphatic carbocycles. The van der Waals surface area contributed by atoms with E-state index < -0.39 is 0 Å². The Labute approximate surface area is 182 Å². The molecule has 0 saturated heterocycles. The maximum absolute atomic E-state index is 13.5. The van der Waals surface area contributed by atoms with E-state index in [9.17, 15) is 9.18 Å². The van der Waals surface area contributed by atoms with Gasteiger partial charge in [-0.05, 0) is 48.6 Å². The van der Waals surface area contributed by atoms with Crippen molar-refractivity contribution in [3.05, 3.63) is 65.2 Å². The zero-order chi connectivity index (χ0) is 21.8. The number of benzene rings is 1. The topological polar surface area (TPSA) is 69.6 Å². The second-order valence-electron chi connectivity index (χ2n) is 6.78. The highest BCUT2D eigenvalue weighted by Gasteiger charge is 2.10. The first-order valence-corrected chi connectivity index (χ1v) is 11.3. The van der Waals surface area contributed by atoms with Crippen LogP contribution in [0.3, 0.4) is 0 Å². The molecule has 1 aromatic carbocycles. The largest absolute Gasteiger partial charge is 0.357 e. The summed E-state index contributed by atoms with van der Waals surface area (Å²) in [5.74, 6) is 1.02. The Hall–Kier alpha value is -2.61. The minimum absolute atomic E-state index is 0.0265. The van der Waals surface area contributed by atoms with Crippen LogP contribution in [0.25, 0.3) is 0 Å². The van der Waals surface area contributed by atoms with Crippen molar-refractivity contribution >= 4 is 23.6 Å². The predicted molar refractivity (Wildman–Crippen MR) is 122 cm³/mol. The number of carbonyl (C=O) groups is 1. The van der Waals surface area contributed by atoms with Crippen molar-refractivity contribution in [3.8, 4) is 0 Å². The Morgan fingerprint density at radius 1 is 1.23 bits per heavy atom. The van der Waals surface area contributed by atoms with E-state index in [1.807, 2.05) is 31.4 Å². The number of hydrogen-bond acceptors (Lipinski definition) is 4. The molecule has 1 heterocycles. The molecule has 2 N–H and O–H groups in total. The summed E-state index contributed by atoms with van der Waals surface area (Å²) in [6.45, 7) is 3.80. The highest BCUT2D eigenvalue weighted by Crippen LogP contribution is 2.17. The molecule has 0 aliphatic rings. The second-order valence-corrected chi connectivity index (χ2v) is 7.65.